The Bertz CT molecular complexity index is 873. The molecule has 1 aromatic heterocycles. The zero-order chi connectivity index (χ0) is 18.4. The summed E-state index contributed by atoms with van der Waals surface area (Å²) in [5, 5.41) is 5.90. The Morgan fingerprint density at radius 3 is 2.42 bits per heavy atom. The Kier molecular flexibility index (Phi) is 5.61. The summed E-state index contributed by atoms with van der Waals surface area (Å²) in [5.41, 5.74) is 1.55. The van der Waals surface area contributed by atoms with Crippen LogP contribution < -0.4 is 10.6 Å². The van der Waals surface area contributed by atoms with Gasteiger partial charge in [-0.25, -0.2) is 0 Å². The molecule has 0 aliphatic rings. The van der Waals surface area contributed by atoms with Gasteiger partial charge in [0.05, 0.1) is 24.5 Å². The molecule has 1 amide bonds. The van der Waals surface area contributed by atoms with Crippen LogP contribution in [0.2, 0.25) is 0 Å². The van der Waals surface area contributed by atoms with Crippen molar-refractivity contribution >= 4 is 17.4 Å². The molecule has 0 fully saturated rings. The van der Waals surface area contributed by atoms with E-state index in [0.29, 0.717) is 16.8 Å². The number of furan rings is 1. The van der Waals surface area contributed by atoms with Crippen molar-refractivity contribution in [3.05, 3.63) is 89.9 Å². The average molecular weight is 348 g/mol. The van der Waals surface area contributed by atoms with Crippen molar-refractivity contribution in [2.45, 2.75) is 13.0 Å². The molecule has 0 saturated carbocycles. The molecule has 5 heteroatoms. The van der Waals surface area contributed by atoms with E-state index < -0.39 is 0 Å². The zero-order valence-electron chi connectivity index (χ0n) is 14.4. The summed E-state index contributed by atoms with van der Waals surface area (Å²) in [6.07, 6.45) is 1.60. The second kappa shape index (κ2) is 8.27. The van der Waals surface area contributed by atoms with Gasteiger partial charge in [-0.1, -0.05) is 42.5 Å². The molecule has 5 nitrogen and oxygen atoms in total. The molecule has 132 valence electrons. The van der Waals surface area contributed by atoms with Crippen molar-refractivity contribution in [1.82, 2.24) is 5.32 Å². The number of ketones is 1. The van der Waals surface area contributed by atoms with E-state index in [9.17, 15) is 9.59 Å². The summed E-state index contributed by atoms with van der Waals surface area (Å²) < 4.78 is 5.31. The Morgan fingerprint density at radius 2 is 1.69 bits per heavy atom. The van der Waals surface area contributed by atoms with Gasteiger partial charge in [0, 0.05) is 11.1 Å². The fourth-order valence-electron chi connectivity index (χ4n) is 2.61. The summed E-state index contributed by atoms with van der Waals surface area (Å²) in [6.45, 7) is 2.02. The molecule has 0 spiro atoms. The lowest BCUT2D eigenvalue weighted by atomic mass is 10.0. The molecule has 2 N–H and O–H groups in total. The minimum Gasteiger partial charge on any atom is -0.468 e. The van der Waals surface area contributed by atoms with Gasteiger partial charge in [-0.05, 0) is 31.2 Å². The van der Waals surface area contributed by atoms with Crippen molar-refractivity contribution < 1.29 is 14.0 Å². The first-order chi connectivity index (χ1) is 12.6. The number of anilines is 1. The van der Waals surface area contributed by atoms with Gasteiger partial charge in [0.1, 0.15) is 5.76 Å². The van der Waals surface area contributed by atoms with Gasteiger partial charge in [0.2, 0.25) is 5.91 Å². The number of nitrogens with one attached hydrogen (secondary N) is 2. The van der Waals surface area contributed by atoms with Crippen LogP contribution in [-0.2, 0) is 4.79 Å². The van der Waals surface area contributed by atoms with E-state index >= 15 is 0 Å². The summed E-state index contributed by atoms with van der Waals surface area (Å²) in [7, 11) is 0. The highest BCUT2D eigenvalue weighted by atomic mass is 16.3. The van der Waals surface area contributed by atoms with Crippen molar-refractivity contribution in [3.8, 4) is 0 Å². The quantitative estimate of drug-likeness (QED) is 0.637. The predicted molar refractivity (Wildman–Crippen MR) is 100 cm³/mol. The topological polar surface area (TPSA) is 71.3 Å². The van der Waals surface area contributed by atoms with Gasteiger partial charge in [0.25, 0.3) is 0 Å². The molecule has 1 heterocycles. The first-order valence-electron chi connectivity index (χ1n) is 8.40. The number of carbonyl (C=O) groups is 2. The van der Waals surface area contributed by atoms with E-state index in [-0.39, 0.29) is 24.3 Å². The minimum absolute atomic E-state index is 0.0862. The van der Waals surface area contributed by atoms with Crippen LogP contribution >= 0.6 is 0 Å². The van der Waals surface area contributed by atoms with Gasteiger partial charge in [-0.15, -0.1) is 0 Å². The lowest BCUT2D eigenvalue weighted by molar-refractivity contribution is -0.115. The van der Waals surface area contributed by atoms with E-state index in [1.54, 1.807) is 48.7 Å². The molecule has 0 radical (unpaired) electrons. The third kappa shape index (κ3) is 4.26. The number of hydrogen-bond acceptors (Lipinski definition) is 4. The Labute approximate surface area is 152 Å². The van der Waals surface area contributed by atoms with Crippen molar-refractivity contribution in [2.75, 3.05) is 11.9 Å². The van der Waals surface area contributed by atoms with Crippen LogP contribution in [0.5, 0.6) is 0 Å². The van der Waals surface area contributed by atoms with Crippen molar-refractivity contribution in [2.24, 2.45) is 0 Å². The van der Waals surface area contributed by atoms with Gasteiger partial charge in [0.15, 0.2) is 5.78 Å². The monoisotopic (exact) mass is 348 g/mol. The second-order valence-corrected chi connectivity index (χ2v) is 5.91. The average Bonchev–Trinajstić information content (AvgIpc) is 3.21. The first-order valence-corrected chi connectivity index (χ1v) is 8.40. The van der Waals surface area contributed by atoms with E-state index in [1.165, 1.54) is 0 Å². The summed E-state index contributed by atoms with van der Waals surface area (Å²) >= 11 is 0. The summed E-state index contributed by atoms with van der Waals surface area (Å²) in [5.74, 6) is 0.410. The molecule has 0 aliphatic heterocycles. The van der Waals surface area contributed by atoms with Crippen molar-refractivity contribution in [3.63, 3.8) is 0 Å². The molecule has 0 unspecified atom stereocenters. The van der Waals surface area contributed by atoms with Gasteiger partial charge in [-0.2, -0.15) is 0 Å². The molecule has 0 saturated heterocycles. The molecule has 3 aromatic rings. The maximum atomic E-state index is 12.7. The highest BCUT2D eigenvalue weighted by molar-refractivity contribution is 6.13. The summed E-state index contributed by atoms with van der Waals surface area (Å²) in [6, 6.07) is 19.6. The molecule has 1 atom stereocenters. The molecule has 26 heavy (non-hydrogen) atoms. The third-order valence-electron chi connectivity index (χ3n) is 4.02. The Morgan fingerprint density at radius 1 is 0.962 bits per heavy atom. The van der Waals surface area contributed by atoms with Crippen LogP contribution in [-0.4, -0.2) is 18.2 Å². The number of para-hydroxylation sites is 1. The fraction of sp³-hybridized carbons (Fsp3) is 0.143. The number of amides is 1. The molecule has 0 bridgehead atoms. The number of hydrogen-bond donors (Lipinski definition) is 2. The maximum Gasteiger partial charge on any atom is 0.238 e. The van der Waals surface area contributed by atoms with E-state index in [0.717, 1.165) is 5.76 Å². The highest BCUT2D eigenvalue weighted by Gasteiger charge is 2.15. The van der Waals surface area contributed by atoms with Crippen LogP contribution in [0, 0.1) is 0 Å². The standard InChI is InChI=1S/C21H20N2O3/c1-15(19-12-7-13-26-19)22-14-20(24)23-18-11-6-5-10-17(18)21(25)16-8-3-2-4-9-16/h2-13,15,22H,14H2,1H3,(H,23,24)/t15-/m0/s1. The Balaban J connectivity index is 1.66. The zero-order valence-corrected chi connectivity index (χ0v) is 14.4. The number of rotatable bonds is 7. The van der Waals surface area contributed by atoms with Crippen LogP contribution in [0.1, 0.15) is 34.6 Å². The largest absolute Gasteiger partial charge is 0.468 e. The van der Waals surface area contributed by atoms with Crippen LogP contribution in [0.3, 0.4) is 0 Å². The molecule has 2 aromatic carbocycles. The maximum absolute atomic E-state index is 12.7. The first kappa shape index (κ1) is 17.6. The number of carbonyl (C=O) groups excluding carboxylic acids is 2. The van der Waals surface area contributed by atoms with Crippen LogP contribution in [0.25, 0.3) is 0 Å². The predicted octanol–water partition coefficient (Wildman–Crippen LogP) is 3.80. The van der Waals surface area contributed by atoms with Crippen LogP contribution in [0.15, 0.2) is 77.4 Å². The fourth-order valence-corrected chi connectivity index (χ4v) is 2.61. The molecular formula is C21H20N2O3. The van der Waals surface area contributed by atoms with E-state index in [4.69, 9.17) is 4.42 Å². The van der Waals surface area contributed by atoms with E-state index in [2.05, 4.69) is 10.6 Å². The highest BCUT2D eigenvalue weighted by Crippen LogP contribution is 2.19. The van der Waals surface area contributed by atoms with Gasteiger partial charge in [-0.3, -0.25) is 14.9 Å². The number of benzene rings is 2. The normalized spacial score (nSPS) is 11.7. The van der Waals surface area contributed by atoms with Gasteiger partial charge < -0.3 is 9.73 Å². The third-order valence-corrected chi connectivity index (χ3v) is 4.02. The SMILES string of the molecule is C[C@H](NCC(=O)Nc1ccccc1C(=O)c1ccccc1)c1ccco1. The minimum atomic E-state index is -0.225. The van der Waals surface area contributed by atoms with Gasteiger partial charge >= 0.3 is 0 Å². The van der Waals surface area contributed by atoms with Crippen LogP contribution in [0.4, 0.5) is 5.69 Å². The summed E-state index contributed by atoms with van der Waals surface area (Å²) in [4.78, 5) is 25.0. The van der Waals surface area contributed by atoms with Crippen molar-refractivity contribution in [1.29, 1.82) is 0 Å². The lowest BCUT2D eigenvalue weighted by Crippen LogP contribution is -2.30. The smallest absolute Gasteiger partial charge is 0.238 e. The second-order valence-electron chi connectivity index (χ2n) is 5.91. The Hall–Kier alpha value is -3.18. The lowest BCUT2D eigenvalue weighted by Gasteiger charge is -2.13. The molecule has 3 rings (SSSR count). The van der Waals surface area contributed by atoms with E-state index in [1.807, 2.05) is 31.2 Å². The molecular weight excluding hydrogens is 328 g/mol. The molecule has 0 aliphatic carbocycles.